The summed E-state index contributed by atoms with van der Waals surface area (Å²) in [5.41, 5.74) is 3.02. The lowest BCUT2D eigenvalue weighted by atomic mass is 9.61. The summed E-state index contributed by atoms with van der Waals surface area (Å²) in [7, 11) is 4.21. The van der Waals surface area contributed by atoms with Crippen LogP contribution in [0, 0.1) is 24.2 Å². The number of fused-ring (bicyclic) bond motifs is 3. The Balaban J connectivity index is 0.767. The molecule has 0 bridgehead atoms. The molecule has 7 N–H and O–H groups in total. The highest BCUT2D eigenvalue weighted by Gasteiger charge is 2.78. The van der Waals surface area contributed by atoms with Gasteiger partial charge in [0.1, 0.15) is 41.5 Å². The highest BCUT2D eigenvalue weighted by molar-refractivity contribution is 6.13. The maximum atomic E-state index is 14.0. The van der Waals surface area contributed by atoms with Crippen LogP contribution in [-0.2, 0) is 70.3 Å². The van der Waals surface area contributed by atoms with Crippen molar-refractivity contribution in [3.05, 3.63) is 131 Å². The Kier molecular flexibility index (Phi) is 20.7. The number of nitrogens with zero attached hydrogens (tertiary/aromatic N) is 1. The predicted octanol–water partition coefficient (Wildman–Crippen LogP) is 6.41. The van der Waals surface area contributed by atoms with Gasteiger partial charge in [-0.2, -0.15) is 0 Å². The standard InChI is InChI=1S/C65H77N5O18/c1-39-34-47(36-48-54(39)64(80)56(75)53(58(77)82-3)55(41-14-8-7-9-15-41)65(64,88-48)43-20-24-45(81-2)25-21-43)87-60-59(83-4)84-38-46(86-60)28-32-68-62(79)85-37-40-18-22-44(23-19-40)69-57(76)42(16-12-31-67-61(66)78)35-50(72)63(29-13-30-63)49(71)17-10-5-6-11-33-70-51(73)26-27-52(70)74/h7-9,14-15,18-27,34,36,42,46,53,55-56,59-60,75,80H,5-6,10-13,16-17,28-33,35,37-38H2,1-4H3,(H,68,79)(H,69,76)(H3,66,67,78)/t42-,46+,53-,55-,56-,59-,60+,64+,65+/m1/s1. The highest BCUT2D eigenvalue weighted by atomic mass is 16.8. The third-order valence-electron chi connectivity index (χ3n) is 17.6. The van der Waals surface area contributed by atoms with Crippen LogP contribution in [0.1, 0.15) is 111 Å². The van der Waals surface area contributed by atoms with Crippen LogP contribution in [-0.4, -0.2) is 135 Å². The van der Waals surface area contributed by atoms with E-state index in [0.717, 1.165) is 0 Å². The normalized spacial score (nSPS) is 24.2. The maximum absolute atomic E-state index is 14.0. The summed E-state index contributed by atoms with van der Waals surface area (Å²) in [6.07, 6.45) is 2.44. The molecule has 3 heterocycles. The number of carbonyl (C=O) groups is 8. The van der Waals surface area contributed by atoms with Crippen molar-refractivity contribution in [2.75, 3.05) is 52.9 Å². The number of esters is 1. The molecule has 23 nitrogen and oxygen atoms in total. The second-order valence-corrected chi connectivity index (χ2v) is 22.9. The van der Waals surface area contributed by atoms with Crippen molar-refractivity contribution in [3.8, 4) is 17.2 Å². The number of anilines is 1. The van der Waals surface area contributed by atoms with E-state index in [9.17, 15) is 48.6 Å². The SMILES string of the molecule is COC(=O)[C@H]1[C@@H](O)[C@@]2(O)c3c(C)cc(O[C@@H]4O[C@@H](CCNC(=O)OCc5ccc(NC(=O)[C@H](CCCNC(N)=O)CC(=O)C6(C(=O)CCCCCCN7C(=O)C=CC7=O)CCC6)cc5)CO[C@H]4OC)cc3O[C@@]2(c2ccc(OC)cc2)[C@@H]1c1ccccc1. The van der Waals surface area contributed by atoms with Crippen molar-refractivity contribution in [1.82, 2.24) is 15.5 Å². The minimum Gasteiger partial charge on any atom is -0.497 e. The predicted molar refractivity (Wildman–Crippen MR) is 315 cm³/mol. The molecule has 9 rings (SSSR count). The Morgan fingerprint density at radius 3 is 2.19 bits per heavy atom. The van der Waals surface area contributed by atoms with Gasteiger partial charge >= 0.3 is 18.1 Å². The van der Waals surface area contributed by atoms with Crippen molar-refractivity contribution in [3.63, 3.8) is 0 Å². The molecule has 9 atom stereocenters. The average molecular weight is 1220 g/mol. The Morgan fingerprint density at radius 2 is 1.53 bits per heavy atom. The Hall–Kier alpha value is -8.22. The van der Waals surface area contributed by atoms with E-state index < -0.39 is 83.2 Å². The number of alkyl carbamates (subject to hydrolysis) is 1. The first-order valence-corrected chi connectivity index (χ1v) is 29.8. The fourth-order valence-corrected chi connectivity index (χ4v) is 12.9. The molecule has 3 aliphatic heterocycles. The quantitative estimate of drug-likeness (QED) is 0.0148. The first-order chi connectivity index (χ1) is 42.4. The highest BCUT2D eigenvalue weighted by Crippen LogP contribution is 2.69. The number of carbonyl (C=O) groups excluding carboxylic acids is 8. The summed E-state index contributed by atoms with van der Waals surface area (Å²) >= 11 is 0. The number of amides is 6. The molecule has 0 radical (unpaired) electrons. The number of hydrogen-bond donors (Lipinski definition) is 6. The van der Waals surface area contributed by atoms with Gasteiger partial charge in [-0.3, -0.25) is 33.7 Å². The van der Waals surface area contributed by atoms with Crippen LogP contribution in [0.15, 0.2) is 103 Å². The molecular formula is C65H77N5O18. The van der Waals surface area contributed by atoms with Crippen LogP contribution < -0.4 is 35.9 Å². The molecule has 1 saturated heterocycles. The Bertz CT molecular complexity index is 3210. The first-order valence-electron chi connectivity index (χ1n) is 29.8. The van der Waals surface area contributed by atoms with Crippen molar-refractivity contribution in [2.24, 2.45) is 23.0 Å². The number of Topliss-reactive ketones (excluding diaryl/α,β-unsaturated/α-hetero) is 2. The third-order valence-corrected chi connectivity index (χ3v) is 17.6. The summed E-state index contributed by atoms with van der Waals surface area (Å²) in [4.78, 5) is 104. The van der Waals surface area contributed by atoms with Gasteiger partial charge in [0, 0.05) is 80.9 Å². The lowest BCUT2D eigenvalue weighted by Crippen LogP contribution is -2.52. The van der Waals surface area contributed by atoms with Crippen molar-refractivity contribution >= 4 is 53.1 Å². The minimum atomic E-state index is -2.19. The summed E-state index contributed by atoms with van der Waals surface area (Å²) < 4.78 is 47.6. The molecule has 2 saturated carbocycles. The van der Waals surface area contributed by atoms with Crippen LogP contribution >= 0.6 is 0 Å². The number of ketones is 2. The second kappa shape index (κ2) is 28.3. The van der Waals surface area contributed by atoms with Crippen LogP contribution in [0.2, 0.25) is 0 Å². The molecule has 6 amide bonds. The number of hydrogen-bond acceptors (Lipinski definition) is 18. The number of nitrogens with two attached hydrogens (primary N) is 1. The van der Waals surface area contributed by atoms with Crippen molar-refractivity contribution in [2.45, 2.75) is 132 Å². The van der Waals surface area contributed by atoms with Crippen molar-refractivity contribution < 1.29 is 86.5 Å². The third kappa shape index (κ3) is 13.4. The number of imide groups is 1. The van der Waals surface area contributed by atoms with E-state index in [4.69, 9.17) is 43.6 Å². The van der Waals surface area contributed by atoms with Gasteiger partial charge in [0.25, 0.3) is 18.1 Å². The summed E-state index contributed by atoms with van der Waals surface area (Å²) in [6.45, 7) is 2.36. The first kappa shape index (κ1) is 64.3. The zero-order chi connectivity index (χ0) is 62.8. The smallest absolute Gasteiger partial charge is 0.407 e. The van der Waals surface area contributed by atoms with E-state index in [1.165, 1.54) is 38.4 Å². The number of nitrogens with one attached hydrogen (secondary N) is 3. The summed E-state index contributed by atoms with van der Waals surface area (Å²) in [5.74, 6) is -4.26. The van der Waals surface area contributed by atoms with E-state index >= 15 is 0 Å². The van der Waals surface area contributed by atoms with E-state index in [1.54, 1.807) is 79.7 Å². The zero-order valence-electron chi connectivity index (χ0n) is 49.8. The molecule has 4 aromatic carbocycles. The van der Waals surface area contributed by atoms with Gasteiger partial charge in [0.2, 0.25) is 12.2 Å². The van der Waals surface area contributed by atoms with Gasteiger partial charge in [-0.15, -0.1) is 0 Å². The van der Waals surface area contributed by atoms with Crippen molar-refractivity contribution in [1.29, 1.82) is 0 Å². The fourth-order valence-electron chi connectivity index (χ4n) is 12.9. The van der Waals surface area contributed by atoms with Gasteiger partial charge in [-0.05, 0) is 104 Å². The van der Waals surface area contributed by atoms with Crippen LogP contribution in [0.5, 0.6) is 17.2 Å². The lowest BCUT2D eigenvalue weighted by Gasteiger charge is -2.41. The molecule has 23 heteroatoms. The Labute approximate surface area is 509 Å². The average Bonchev–Trinajstić information content (AvgIpc) is 1.51. The molecule has 88 heavy (non-hydrogen) atoms. The number of aliphatic hydroxyl groups is 2. The van der Waals surface area contributed by atoms with Gasteiger partial charge in [-0.25, -0.2) is 9.59 Å². The number of aryl methyl sites for hydroxylation is 1. The van der Waals surface area contributed by atoms with E-state index in [-0.39, 0.29) is 92.4 Å². The van der Waals surface area contributed by atoms with E-state index in [1.807, 2.05) is 18.2 Å². The van der Waals surface area contributed by atoms with E-state index in [0.29, 0.717) is 91.6 Å². The fraction of sp³-hybridized carbons (Fsp3) is 0.477. The number of primary amides is 1. The molecule has 5 aliphatic rings. The van der Waals surface area contributed by atoms with E-state index in [2.05, 4.69) is 16.0 Å². The number of ether oxygens (including phenoxy) is 8. The monoisotopic (exact) mass is 1220 g/mol. The number of benzene rings is 4. The molecule has 0 unspecified atom stereocenters. The summed E-state index contributed by atoms with van der Waals surface area (Å²) in [5, 5.41) is 33.7. The lowest BCUT2D eigenvalue weighted by molar-refractivity contribution is -0.312. The largest absolute Gasteiger partial charge is 0.497 e. The van der Waals surface area contributed by atoms with Crippen LogP contribution in [0.3, 0.4) is 0 Å². The summed E-state index contributed by atoms with van der Waals surface area (Å²) in [6, 6.07) is 25.1. The molecular weight excluding hydrogens is 1140 g/mol. The molecule has 0 spiro atoms. The number of aliphatic hydroxyl groups excluding tert-OH is 1. The molecule has 3 fully saturated rings. The van der Waals surface area contributed by atoms with Gasteiger partial charge in [0.05, 0.1) is 38.3 Å². The number of methoxy groups -OCH3 is 3. The van der Waals surface area contributed by atoms with Crippen LogP contribution in [0.4, 0.5) is 15.3 Å². The number of unbranched alkanes of at least 4 members (excludes halogenated alkanes) is 3. The second-order valence-electron chi connectivity index (χ2n) is 22.9. The minimum absolute atomic E-state index is 0.100. The zero-order valence-corrected chi connectivity index (χ0v) is 49.8. The number of rotatable bonds is 29. The van der Waals surface area contributed by atoms with Gasteiger partial charge < -0.3 is 69.8 Å². The molecule has 470 valence electrons. The maximum Gasteiger partial charge on any atom is 0.407 e. The number of urea groups is 1. The molecule has 0 aromatic heterocycles. The van der Waals surface area contributed by atoms with Gasteiger partial charge in [-0.1, -0.05) is 73.9 Å². The topological polar surface area (TPSA) is 316 Å². The van der Waals surface area contributed by atoms with Gasteiger partial charge in [0.15, 0.2) is 11.2 Å². The Morgan fingerprint density at radius 1 is 0.818 bits per heavy atom. The molecule has 2 aliphatic carbocycles. The van der Waals surface area contributed by atoms with Crippen LogP contribution in [0.25, 0.3) is 0 Å². The molecule has 4 aromatic rings.